The highest BCUT2D eigenvalue weighted by atomic mass is 32.1. The number of rotatable bonds is 7. The van der Waals surface area contributed by atoms with Crippen LogP contribution in [-0.4, -0.2) is 20.7 Å². The van der Waals surface area contributed by atoms with E-state index in [2.05, 4.69) is 15.4 Å². The predicted molar refractivity (Wildman–Crippen MR) is 112 cm³/mol. The molecule has 0 fully saturated rings. The lowest BCUT2D eigenvalue weighted by molar-refractivity contribution is 0.0950. The first kappa shape index (κ1) is 18.9. The molecule has 0 saturated carbocycles. The van der Waals surface area contributed by atoms with E-state index in [9.17, 15) is 4.79 Å². The average molecular weight is 404 g/mol. The molecule has 1 amide bonds. The van der Waals surface area contributed by atoms with Crippen molar-refractivity contribution in [2.24, 2.45) is 0 Å². The van der Waals surface area contributed by atoms with Gasteiger partial charge >= 0.3 is 0 Å². The fraction of sp³-hybridized carbons (Fsp3) is 0.136. The van der Waals surface area contributed by atoms with E-state index in [4.69, 9.17) is 4.74 Å². The standard InChI is InChI=1S/C22H20N4O2S/c1-16-25-19(15-29-16)14-28-21-5-2-4-18(12-21)22(27)23-13-17-6-8-20(9-7-17)26-11-3-10-24-26/h2-12,15H,13-14H2,1H3,(H,23,27). The van der Waals surface area contributed by atoms with Gasteiger partial charge in [0.25, 0.3) is 5.91 Å². The number of benzene rings is 2. The van der Waals surface area contributed by atoms with E-state index >= 15 is 0 Å². The molecule has 6 nitrogen and oxygen atoms in total. The van der Waals surface area contributed by atoms with Gasteiger partial charge in [-0.1, -0.05) is 18.2 Å². The summed E-state index contributed by atoms with van der Waals surface area (Å²) in [7, 11) is 0. The minimum Gasteiger partial charge on any atom is -0.487 e. The lowest BCUT2D eigenvalue weighted by atomic mass is 10.1. The number of carbonyl (C=O) groups is 1. The van der Waals surface area contributed by atoms with Crippen molar-refractivity contribution in [3.8, 4) is 11.4 Å². The lowest BCUT2D eigenvalue weighted by Gasteiger charge is -2.09. The van der Waals surface area contributed by atoms with Gasteiger partial charge in [0, 0.05) is 29.9 Å². The lowest BCUT2D eigenvalue weighted by Crippen LogP contribution is -2.22. The first-order valence-corrected chi connectivity index (χ1v) is 10.1. The van der Waals surface area contributed by atoms with E-state index in [1.807, 2.05) is 61.0 Å². The second kappa shape index (κ2) is 8.70. The molecule has 0 aliphatic heterocycles. The van der Waals surface area contributed by atoms with E-state index in [0.29, 0.717) is 24.5 Å². The third-order valence-corrected chi connectivity index (χ3v) is 5.13. The summed E-state index contributed by atoms with van der Waals surface area (Å²) in [4.78, 5) is 16.9. The summed E-state index contributed by atoms with van der Waals surface area (Å²) in [6, 6.07) is 17.0. The molecule has 0 aliphatic rings. The number of carbonyl (C=O) groups excluding carboxylic acids is 1. The number of aromatic nitrogens is 3. The largest absolute Gasteiger partial charge is 0.487 e. The number of amides is 1. The van der Waals surface area contributed by atoms with E-state index < -0.39 is 0 Å². The summed E-state index contributed by atoms with van der Waals surface area (Å²) in [6.07, 6.45) is 3.63. The van der Waals surface area contributed by atoms with E-state index in [1.54, 1.807) is 34.3 Å². The zero-order valence-electron chi connectivity index (χ0n) is 15.9. The van der Waals surface area contributed by atoms with Gasteiger partial charge in [0.2, 0.25) is 0 Å². The molecule has 0 bridgehead atoms. The summed E-state index contributed by atoms with van der Waals surface area (Å²) < 4.78 is 7.56. The Bertz CT molecular complexity index is 1090. The van der Waals surface area contributed by atoms with Crippen LogP contribution in [0.5, 0.6) is 5.75 Å². The average Bonchev–Trinajstić information content (AvgIpc) is 3.43. The van der Waals surface area contributed by atoms with Crippen LogP contribution in [0, 0.1) is 6.92 Å². The minimum atomic E-state index is -0.142. The fourth-order valence-electron chi connectivity index (χ4n) is 2.83. The molecule has 0 aliphatic carbocycles. The molecule has 29 heavy (non-hydrogen) atoms. The minimum absolute atomic E-state index is 0.142. The number of thiazole rings is 1. The van der Waals surface area contributed by atoms with Gasteiger partial charge in [-0.15, -0.1) is 11.3 Å². The van der Waals surface area contributed by atoms with Gasteiger partial charge in [-0.25, -0.2) is 9.67 Å². The van der Waals surface area contributed by atoms with Gasteiger partial charge in [-0.3, -0.25) is 4.79 Å². The van der Waals surface area contributed by atoms with Crippen molar-refractivity contribution >= 4 is 17.2 Å². The molecule has 0 atom stereocenters. The number of ether oxygens (including phenoxy) is 1. The molecule has 0 spiro atoms. The SMILES string of the molecule is Cc1nc(COc2cccc(C(=O)NCc3ccc(-n4cccn4)cc3)c2)cs1. The molecule has 4 aromatic rings. The molecular weight excluding hydrogens is 384 g/mol. The topological polar surface area (TPSA) is 69.0 Å². The Morgan fingerprint density at radius 1 is 1.17 bits per heavy atom. The van der Waals surface area contributed by atoms with Crippen LogP contribution < -0.4 is 10.1 Å². The molecule has 7 heteroatoms. The normalized spacial score (nSPS) is 10.7. The van der Waals surface area contributed by atoms with Crippen molar-refractivity contribution in [2.75, 3.05) is 0 Å². The van der Waals surface area contributed by atoms with Crippen LogP contribution in [0.15, 0.2) is 72.4 Å². The fourth-order valence-corrected chi connectivity index (χ4v) is 3.43. The van der Waals surface area contributed by atoms with E-state index in [0.717, 1.165) is 22.0 Å². The second-order valence-corrected chi connectivity index (χ2v) is 7.54. The molecule has 1 N–H and O–H groups in total. The first-order chi connectivity index (χ1) is 14.2. The number of nitrogens with one attached hydrogen (secondary N) is 1. The number of hydrogen-bond acceptors (Lipinski definition) is 5. The molecule has 2 aromatic carbocycles. The zero-order chi connectivity index (χ0) is 20.1. The van der Waals surface area contributed by atoms with Gasteiger partial charge in [-0.2, -0.15) is 5.10 Å². The maximum absolute atomic E-state index is 12.5. The maximum Gasteiger partial charge on any atom is 0.251 e. The van der Waals surface area contributed by atoms with Crippen LogP contribution in [0.1, 0.15) is 26.6 Å². The Morgan fingerprint density at radius 3 is 2.76 bits per heavy atom. The molecule has 0 unspecified atom stereocenters. The van der Waals surface area contributed by atoms with Crippen molar-refractivity contribution in [3.05, 3.63) is 94.2 Å². The molecule has 146 valence electrons. The van der Waals surface area contributed by atoms with Gasteiger partial charge < -0.3 is 10.1 Å². The Hall–Kier alpha value is -3.45. The smallest absolute Gasteiger partial charge is 0.251 e. The number of nitrogens with zero attached hydrogens (tertiary/aromatic N) is 3. The van der Waals surface area contributed by atoms with Crippen LogP contribution in [0.25, 0.3) is 5.69 Å². The second-order valence-electron chi connectivity index (χ2n) is 6.47. The Kier molecular flexibility index (Phi) is 5.67. The number of hydrogen-bond donors (Lipinski definition) is 1. The molecule has 2 aromatic heterocycles. The van der Waals surface area contributed by atoms with Gasteiger partial charge in [-0.05, 0) is 48.9 Å². The molecule has 0 radical (unpaired) electrons. The van der Waals surface area contributed by atoms with Crippen molar-refractivity contribution in [2.45, 2.75) is 20.1 Å². The van der Waals surface area contributed by atoms with Gasteiger partial charge in [0.05, 0.1) is 16.4 Å². The van der Waals surface area contributed by atoms with Crippen molar-refractivity contribution in [1.29, 1.82) is 0 Å². The molecular formula is C22H20N4O2S. The van der Waals surface area contributed by atoms with Crippen LogP contribution in [0.2, 0.25) is 0 Å². The first-order valence-electron chi connectivity index (χ1n) is 9.18. The Morgan fingerprint density at radius 2 is 2.03 bits per heavy atom. The summed E-state index contributed by atoms with van der Waals surface area (Å²) in [6.45, 7) is 2.80. The van der Waals surface area contributed by atoms with Crippen LogP contribution >= 0.6 is 11.3 Å². The van der Waals surface area contributed by atoms with Crippen LogP contribution in [-0.2, 0) is 13.2 Å². The Labute approximate surface area is 172 Å². The highest BCUT2D eigenvalue weighted by Crippen LogP contribution is 2.17. The third-order valence-electron chi connectivity index (χ3n) is 4.31. The summed E-state index contributed by atoms with van der Waals surface area (Å²) >= 11 is 1.59. The maximum atomic E-state index is 12.5. The number of aryl methyl sites for hydroxylation is 1. The molecule has 0 saturated heterocycles. The zero-order valence-corrected chi connectivity index (χ0v) is 16.7. The Balaban J connectivity index is 1.33. The van der Waals surface area contributed by atoms with Gasteiger partial charge in [0.1, 0.15) is 12.4 Å². The van der Waals surface area contributed by atoms with Crippen molar-refractivity contribution in [1.82, 2.24) is 20.1 Å². The quantitative estimate of drug-likeness (QED) is 0.502. The highest BCUT2D eigenvalue weighted by molar-refractivity contribution is 7.09. The summed E-state index contributed by atoms with van der Waals surface area (Å²) in [5.74, 6) is 0.503. The third kappa shape index (κ3) is 4.89. The monoisotopic (exact) mass is 404 g/mol. The van der Waals surface area contributed by atoms with E-state index in [1.165, 1.54) is 0 Å². The van der Waals surface area contributed by atoms with Crippen LogP contribution in [0.3, 0.4) is 0 Å². The molecule has 2 heterocycles. The highest BCUT2D eigenvalue weighted by Gasteiger charge is 2.08. The van der Waals surface area contributed by atoms with Gasteiger partial charge in [0.15, 0.2) is 0 Å². The summed E-state index contributed by atoms with van der Waals surface area (Å²) in [5, 5.41) is 10.1. The predicted octanol–water partition coefficient (Wildman–Crippen LogP) is 4.15. The summed E-state index contributed by atoms with van der Waals surface area (Å²) in [5.41, 5.74) is 3.44. The van der Waals surface area contributed by atoms with Crippen molar-refractivity contribution < 1.29 is 9.53 Å². The van der Waals surface area contributed by atoms with E-state index in [-0.39, 0.29) is 5.91 Å². The molecule has 4 rings (SSSR count). The van der Waals surface area contributed by atoms with Crippen LogP contribution in [0.4, 0.5) is 0 Å². The van der Waals surface area contributed by atoms with Crippen molar-refractivity contribution in [3.63, 3.8) is 0 Å².